The van der Waals surface area contributed by atoms with E-state index in [0.29, 0.717) is 34.3 Å². The molecule has 3 heterocycles. The molecule has 0 aliphatic rings. The molecule has 7 heteroatoms. The number of fused-ring (bicyclic) bond motifs is 6. The molecule has 0 atom stereocenters. The van der Waals surface area contributed by atoms with Crippen molar-refractivity contribution in [3.63, 3.8) is 0 Å². The van der Waals surface area contributed by atoms with E-state index < -0.39 is 0 Å². The van der Waals surface area contributed by atoms with Crippen molar-refractivity contribution in [1.29, 1.82) is 5.26 Å². The fraction of sp³-hybridized carbons (Fsp3) is 0. The molecule has 0 N–H and O–H groups in total. The molecule has 3 aromatic heterocycles. The molecule has 13 aromatic rings. The summed E-state index contributed by atoms with van der Waals surface area (Å²) in [5, 5.41) is 15.0. The van der Waals surface area contributed by atoms with Gasteiger partial charge in [0.15, 0.2) is 23.2 Å². The molecule has 0 bridgehead atoms. The first-order valence-corrected chi connectivity index (χ1v) is 23.8. The van der Waals surface area contributed by atoms with Gasteiger partial charge in [0.25, 0.3) is 0 Å². The molecule has 13 rings (SSSR count). The van der Waals surface area contributed by atoms with Crippen LogP contribution in [0.4, 0.5) is 5.69 Å². The van der Waals surface area contributed by atoms with Gasteiger partial charge in [-0.1, -0.05) is 164 Å². The monoisotopic (exact) mass is 917 g/mol. The molecule has 0 spiro atoms. The largest absolute Gasteiger partial charge is 0.309 e. The molecule has 0 saturated heterocycles. The lowest BCUT2D eigenvalue weighted by atomic mass is 10.00. The summed E-state index contributed by atoms with van der Waals surface area (Å²) in [6, 6.07) is 83.4. The van der Waals surface area contributed by atoms with Crippen molar-refractivity contribution < 1.29 is 0 Å². The number of hydrogen-bond acceptors (Lipinski definition) is 4. The van der Waals surface area contributed by atoms with Crippen LogP contribution in [0.15, 0.2) is 237 Å². The van der Waals surface area contributed by atoms with E-state index in [1.54, 1.807) is 0 Å². The van der Waals surface area contributed by atoms with Crippen LogP contribution in [0.25, 0.3) is 127 Å². The number of nitriles is 1. The summed E-state index contributed by atoms with van der Waals surface area (Å²) in [6.45, 7) is 7.85. The first-order chi connectivity index (χ1) is 35.6. The van der Waals surface area contributed by atoms with Crippen LogP contribution in [-0.2, 0) is 0 Å². The van der Waals surface area contributed by atoms with Gasteiger partial charge in [-0.2, -0.15) is 5.26 Å². The van der Waals surface area contributed by atoms with Crippen molar-refractivity contribution in [2.24, 2.45) is 0 Å². The Morgan fingerprint density at radius 2 is 0.778 bits per heavy atom. The van der Waals surface area contributed by atoms with Gasteiger partial charge >= 0.3 is 0 Å². The Hall–Kier alpha value is -10.2. The van der Waals surface area contributed by atoms with Crippen LogP contribution in [-0.4, -0.2) is 24.1 Å². The summed E-state index contributed by atoms with van der Waals surface area (Å²) in [7, 11) is 0. The maximum atomic E-state index is 10.5. The molecular weight excluding hydrogens is 879 g/mol. The van der Waals surface area contributed by atoms with Crippen molar-refractivity contribution in [3.05, 3.63) is 254 Å². The minimum absolute atomic E-state index is 0.416. The van der Waals surface area contributed by atoms with Crippen molar-refractivity contribution >= 4 is 49.3 Å². The summed E-state index contributed by atoms with van der Waals surface area (Å²) in [5.74, 6) is 1.35. The van der Waals surface area contributed by atoms with E-state index in [-0.39, 0.29) is 0 Å². The van der Waals surface area contributed by atoms with Gasteiger partial charge in [-0.05, 0) is 106 Å². The molecule has 0 aliphatic heterocycles. The van der Waals surface area contributed by atoms with Gasteiger partial charge in [0, 0.05) is 38.2 Å². The Morgan fingerprint density at radius 3 is 1.33 bits per heavy atom. The van der Waals surface area contributed by atoms with Crippen LogP contribution >= 0.6 is 0 Å². The highest BCUT2D eigenvalue weighted by Gasteiger charge is 2.24. The number of aromatic nitrogens is 5. The lowest BCUT2D eigenvalue weighted by Gasteiger charge is -2.18. The molecule has 10 aromatic carbocycles. The number of benzene rings is 10. The summed E-state index contributed by atoms with van der Waals surface area (Å²) in [6.07, 6.45) is 0. The summed E-state index contributed by atoms with van der Waals surface area (Å²) < 4.78 is 4.57. The van der Waals surface area contributed by atoms with Gasteiger partial charge in [-0.15, -0.1) is 0 Å². The predicted molar refractivity (Wildman–Crippen MR) is 292 cm³/mol. The summed E-state index contributed by atoms with van der Waals surface area (Å²) in [5.41, 5.74) is 15.4. The molecule has 0 saturated carbocycles. The quantitative estimate of drug-likeness (QED) is 0.142. The van der Waals surface area contributed by atoms with Gasteiger partial charge in [-0.25, -0.2) is 19.8 Å². The topological polar surface area (TPSA) is 76.7 Å². The smallest absolute Gasteiger partial charge is 0.187 e. The standard InChI is InChI=1S/C65H39N7/c1-67-50-23-15-22-46(37-50)49-31-35-62(72-58-27-14-12-25-52(58)54-39-48(30-34-60(54)72)44-18-7-3-8-19-44)56(40-49)65-69-63(45-20-9-4-10-21-45)68-64(70-65)55-36-42(41-66)28-32-61(55)71-57-26-13-11-24-51(57)53-38-47(29-33-59(53)71)43-16-5-2-6-17-43/h2-40H. The van der Waals surface area contributed by atoms with Gasteiger partial charge in [-0.3, -0.25) is 0 Å². The van der Waals surface area contributed by atoms with Crippen molar-refractivity contribution in [2.75, 3.05) is 0 Å². The Kier molecular flexibility index (Phi) is 10.1. The Bertz CT molecular complexity index is 4350. The highest BCUT2D eigenvalue weighted by Crippen LogP contribution is 2.42. The van der Waals surface area contributed by atoms with Crippen LogP contribution in [0.2, 0.25) is 0 Å². The average Bonchev–Trinajstić information content (AvgIpc) is 3.97. The van der Waals surface area contributed by atoms with E-state index in [1.165, 1.54) is 0 Å². The first kappa shape index (κ1) is 41.9. The Morgan fingerprint density at radius 1 is 0.347 bits per heavy atom. The Balaban J connectivity index is 1.09. The minimum Gasteiger partial charge on any atom is -0.309 e. The summed E-state index contributed by atoms with van der Waals surface area (Å²) >= 11 is 0. The third-order valence-corrected chi connectivity index (χ3v) is 13.6. The second kappa shape index (κ2) is 17.4. The number of hydrogen-bond donors (Lipinski definition) is 0. The van der Waals surface area contributed by atoms with Gasteiger partial charge < -0.3 is 9.13 Å². The Labute approximate surface area is 415 Å². The van der Waals surface area contributed by atoms with Gasteiger partial charge in [0.2, 0.25) is 0 Å². The van der Waals surface area contributed by atoms with Crippen molar-refractivity contribution in [2.45, 2.75) is 0 Å². The van der Waals surface area contributed by atoms with Crippen LogP contribution in [0.3, 0.4) is 0 Å². The van der Waals surface area contributed by atoms with E-state index in [2.05, 4.69) is 172 Å². The first-order valence-electron chi connectivity index (χ1n) is 23.8. The van der Waals surface area contributed by atoms with Crippen molar-refractivity contribution in [1.82, 2.24) is 24.1 Å². The zero-order chi connectivity index (χ0) is 48.1. The molecule has 0 fully saturated rings. The fourth-order valence-corrected chi connectivity index (χ4v) is 10.2. The van der Waals surface area contributed by atoms with E-state index in [4.69, 9.17) is 21.5 Å². The van der Waals surface area contributed by atoms with Crippen LogP contribution in [0.1, 0.15) is 5.56 Å². The minimum atomic E-state index is 0.416. The highest BCUT2D eigenvalue weighted by molar-refractivity contribution is 6.12. The van der Waals surface area contributed by atoms with Gasteiger partial charge in [0.05, 0.1) is 51.6 Å². The SMILES string of the molecule is [C-]#[N+]c1cccc(-c2ccc(-n3c4ccccc4c4cc(-c5ccccc5)ccc43)c(-c3nc(-c4ccccc4)nc(-c4cc(C#N)ccc4-n4c5ccccc5c5cc(-c6ccccc6)ccc54)n3)c2)c1. The highest BCUT2D eigenvalue weighted by atomic mass is 15.1. The predicted octanol–water partition coefficient (Wildman–Crippen LogP) is 16.5. The van der Waals surface area contributed by atoms with E-state index in [1.807, 2.05) is 84.9 Å². The molecule has 72 heavy (non-hydrogen) atoms. The summed E-state index contributed by atoms with van der Waals surface area (Å²) in [4.78, 5) is 20.0. The molecule has 0 aliphatic carbocycles. The third-order valence-electron chi connectivity index (χ3n) is 13.6. The normalized spacial score (nSPS) is 11.3. The van der Waals surface area contributed by atoms with Crippen LogP contribution in [0, 0.1) is 17.9 Å². The van der Waals surface area contributed by atoms with Gasteiger partial charge in [0.1, 0.15) is 0 Å². The van der Waals surface area contributed by atoms with E-state index >= 15 is 0 Å². The van der Waals surface area contributed by atoms with Crippen LogP contribution in [0.5, 0.6) is 0 Å². The lowest BCUT2D eigenvalue weighted by molar-refractivity contribution is 1.06. The lowest BCUT2D eigenvalue weighted by Crippen LogP contribution is -2.06. The average molecular weight is 918 g/mol. The molecule has 0 radical (unpaired) electrons. The molecule has 334 valence electrons. The zero-order valence-corrected chi connectivity index (χ0v) is 38.6. The molecular formula is C65H39N7. The van der Waals surface area contributed by atoms with E-state index in [0.717, 1.165) is 99.5 Å². The number of para-hydroxylation sites is 2. The third kappa shape index (κ3) is 7.17. The fourth-order valence-electron chi connectivity index (χ4n) is 10.2. The zero-order valence-electron chi connectivity index (χ0n) is 38.6. The molecule has 0 unspecified atom stereocenters. The second-order valence-corrected chi connectivity index (χ2v) is 17.8. The number of nitrogens with zero attached hydrogens (tertiary/aromatic N) is 7. The maximum Gasteiger partial charge on any atom is 0.187 e. The number of rotatable bonds is 8. The maximum absolute atomic E-state index is 10.5. The van der Waals surface area contributed by atoms with Crippen molar-refractivity contribution in [3.8, 4) is 85.0 Å². The molecule has 7 nitrogen and oxygen atoms in total. The molecule has 0 amide bonds. The van der Waals surface area contributed by atoms with Crippen LogP contribution < -0.4 is 0 Å². The van der Waals surface area contributed by atoms with E-state index in [9.17, 15) is 5.26 Å². The second-order valence-electron chi connectivity index (χ2n) is 17.8.